The van der Waals surface area contributed by atoms with Gasteiger partial charge in [0.1, 0.15) is 0 Å². The summed E-state index contributed by atoms with van der Waals surface area (Å²) in [5.41, 5.74) is 5.44. The summed E-state index contributed by atoms with van der Waals surface area (Å²) in [6.07, 6.45) is 5.56. The fourth-order valence-corrected chi connectivity index (χ4v) is 3.37. The number of nitrogens with zero attached hydrogens (tertiary/aromatic N) is 1. The van der Waals surface area contributed by atoms with Gasteiger partial charge in [0.25, 0.3) is 0 Å². The molecule has 0 aliphatic carbocycles. The van der Waals surface area contributed by atoms with E-state index in [-0.39, 0.29) is 13.2 Å². The van der Waals surface area contributed by atoms with E-state index >= 15 is 0 Å². The number of hydrogen-bond acceptors (Lipinski definition) is 6. The van der Waals surface area contributed by atoms with Gasteiger partial charge in [0.2, 0.25) is 6.08 Å². The predicted octanol–water partition coefficient (Wildman–Crippen LogP) is 1.31. The first-order valence-corrected chi connectivity index (χ1v) is 9.39. The van der Waals surface area contributed by atoms with Crippen molar-refractivity contribution in [3.8, 4) is 0 Å². The molecule has 0 amide bonds. The van der Waals surface area contributed by atoms with Crippen molar-refractivity contribution in [3.63, 3.8) is 0 Å². The number of aliphatic hydroxyl groups is 1. The van der Waals surface area contributed by atoms with Crippen molar-refractivity contribution in [1.29, 1.82) is 0 Å². The van der Waals surface area contributed by atoms with E-state index in [9.17, 15) is 0 Å². The van der Waals surface area contributed by atoms with E-state index in [1.54, 1.807) is 0 Å². The van der Waals surface area contributed by atoms with Crippen molar-refractivity contribution in [2.24, 2.45) is 4.99 Å². The highest BCUT2D eigenvalue weighted by molar-refractivity contribution is 5.88. The molecule has 0 saturated carbocycles. The molecular formula is C20H24N2O5. The maximum atomic E-state index is 9.16. The van der Waals surface area contributed by atoms with Crippen molar-refractivity contribution >= 4 is 17.0 Å². The number of benzene rings is 1. The standard InChI is InChI=1S/C17H19NO3.C3H5NO2/c1-2-10(4-11-7-19-11)17-14(5-12-8-20-12)16(6-13-9-21-13)18-15(17)3-1;5-2-1-4-3-6/h1-3,11-13,18H,4-9H2;5H,1-2H2. The summed E-state index contributed by atoms with van der Waals surface area (Å²) in [6.45, 7) is 2.81. The number of hydrogen-bond donors (Lipinski definition) is 2. The molecule has 0 radical (unpaired) electrons. The van der Waals surface area contributed by atoms with Crippen LogP contribution in [-0.2, 0) is 38.3 Å². The number of ether oxygens (including phenoxy) is 3. The molecule has 3 saturated heterocycles. The molecule has 3 aliphatic rings. The lowest BCUT2D eigenvalue weighted by Crippen LogP contribution is -2.02. The van der Waals surface area contributed by atoms with Crippen LogP contribution >= 0.6 is 0 Å². The van der Waals surface area contributed by atoms with Crippen molar-refractivity contribution in [3.05, 3.63) is 35.0 Å². The van der Waals surface area contributed by atoms with E-state index in [4.69, 9.17) is 24.1 Å². The number of aromatic amines is 1. The van der Waals surface area contributed by atoms with E-state index in [2.05, 4.69) is 28.2 Å². The van der Waals surface area contributed by atoms with Gasteiger partial charge < -0.3 is 24.3 Å². The SMILES string of the molecule is O=C=NCCO.c1cc(CC2CO2)c2c(CC3CO3)c(CC3CO3)[nH]c2c1. The Hall–Kier alpha value is -2.02. The number of isocyanates is 1. The summed E-state index contributed by atoms with van der Waals surface area (Å²) < 4.78 is 16.3. The third-order valence-electron chi connectivity index (χ3n) is 4.90. The number of aliphatic imine (C=N–C) groups is 1. The topological polar surface area (TPSA) is 103 Å². The lowest BCUT2D eigenvalue weighted by Gasteiger charge is -2.06. The molecule has 2 N–H and O–H groups in total. The summed E-state index contributed by atoms with van der Waals surface area (Å²) in [6, 6.07) is 6.57. The maximum Gasteiger partial charge on any atom is 0.235 e. The van der Waals surface area contributed by atoms with Gasteiger partial charge in [0.15, 0.2) is 0 Å². The minimum atomic E-state index is -0.0742. The molecule has 27 heavy (non-hydrogen) atoms. The Kier molecular flexibility index (Phi) is 5.66. The van der Waals surface area contributed by atoms with Crippen LogP contribution in [0.5, 0.6) is 0 Å². The lowest BCUT2D eigenvalue weighted by atomic mass is 9.97. The minimum Gasteiger partial charge on any atom is -0.394 e. The van der Waals surface area contributed by atoms with E-state index in [0.717, 1.165) is 39.1 Å². The number of fused-ring (bicyclic) bond motifs is 1. The van der Waals surface area contributed by atoms with Crippen LogP contribution in [0.25, 0.3) is 10.9 Å². The van der Waals surface area contributed by atoms with Crippen LogP contribution in [-0.4, -0.2) is 67.5 Å². The first-order valence-electron chi connectivity index (χ1n) is 9.39. The van der Waals surface area contributed by atoms with Gasteiger partial charge in [-0.25, -0.2) is 9.79 Å². The van der Waals surface area contributed by atoms with Gasteiger partial charge in [0, 0.05) is 35.9 Å². The van der Waals surface area contributed by atoms with E-state index in [1.807, 2.05) is 0 Å². The van der Waals surface area contributed by atoms with Crippen LogP contribution in [0.2, 0.25) is 0 Å². The highest BCUT2D eigenvalue weighted by Gasteiger charge is 2.31. The Labute approximate surface area is 157 Å². The number of rotatable bonds is 8. The maximum absolute atomic E-state index is 9.16. The Morgan fingerprint density at radius 3 is 2.33 bits per heavy atom. The molecule has 5 rings (SSSR count). The average Bonchev–Trinajstić information content (AvgIpc) is 3.50. The lowest BCUT2D eigenvalue weighted by molar-refractivity contribution is 0.306. The largest absolute Gasteiger partial charge is 0.394 e. The Morgan fingerprint density at radius 2 is 1.74 bits per heavy atom. The first kappa shape index (κ1) is 18.3. The second kappa shape index (κ2) is 8.33. The van der Waals surface area contributed by atoms with Crippen molar-refractivity contribution < 1.29 is 24.1 Å². The van der Waals surface area contributed by atoms with Gasteiger partial charge in [-0.15, -0.1) is 0 Å². The van der Waals surface area contributed by atoms with Gasteiger partial charge in [-0.2, -0.15) is 0 Å². The van der Waals surface area contributed by atoms with Crippen molar-refractivity contribution in [2.45, 2.75) is 37.6 Å². The van der Waals surface area contributed by atoms with Gasteiger partial charge >= 0.3 is 0 Å². The highest BCUT2D eigenvalue weighted by Crippen LogP contribution is 2.33. The third-order valence-corrected chi connectivity index (χ3v) is 4.90. The van der Waals surface area contributed by atoms with Crippen LogP contribution in [0.1, 0.15) is 16.8 Å². The molecule has 3 unspecified atom stereocenters. The Bertz CT molecular complexity index is 830. The van der Waals surface area contributed by atoms with Crippen LogP contribution < -0.4 is 0 Å². The number of aromatic nitrogens is 1. The third kappa shape index (κ3) is 5.03. The summed E-state index contributed by atoms with van der Waals surface area (Å²) in [5.74, 6) is 0. The fraction of sp³-hybridized carbons (Fsp3) is 0.550. The molecule has 1 aromatic heterocycles. The van der Waals surface area contributed by atoms with Crippen molar-refractivity contribution in [1.82, 2.24) is 4.98 Å². The van der Waals surface area contributed by atoms with E-state index < -0.39 is 0 Å². The molecule has 7 heteroatoms. The van der Waals surface area contributed by atoms with Gasteiger partial charge in [0.05, 0.1) is 51.3 Å². The second-order valence-corrected chi connectivity index (χ2v) is 7.10. The number of H-pyrrole nitrogens is 1. The van der Waals surface area contributed by atoms with Gasteiger partial charge in [-0.1, -0.05) is 12.1 Å². The number of epoxide rings is 3. The molecule has 0 bridgehead atoms. The number of aliphatic hydroxyl groups excluding tert-OH is 1. The molecule has 3 fully saturated rings. The molecule has 4 heterocycles. The van der Waals surface area contributed by atoms with Gasteiger partial charge in [-0.05, 0) is 17.2 Å². The molecule has 7 nitrogen and oxygen atoms in total. The predicted molar refractivity (Wildman–Crippen MR) is 98.7 cm³/mol. The van der Waals surface area contributed by atoms with E-state index in [0.29, 0.717) is 18.3 Å². The molecule has 144 valence electrons. The quantitative estimate of drug-likeness (QED) is 0.413. The highest BCUT2D eigenvalue weighted by atomic mass is 16.6. The smallest absolute Gasteiger partial charge is 0.235 e. The van der Waals surface area contributed by atoms with Crippen LogP contribution in [0.15, 0.2) is 23.2 Å². The zero-order valence-corrected chi connectivity index (χ0v) is 15.1. The fourth-order valence-electron chi connectivity index (χ4n) is 3.37. The zero-order valence-electron chi connectivity index (χ0n) is 15.1. The summed E-state index contributed by atoms with van der Waals surface area (Å²) in [5, 5.41) is 9.33. The molecular weight excluding hydrogens is 348 g/mol. The first-order chi connectivity index (χ1) is 13.3. The molecule has 2 aromatic rings. The van der Waals surface area contributed by atoms with E-state index in [1.165, 1.54) is 33.8 Å². The summed E-state index contributed by atoms with van der Waals surface area (Å²) in [4.78, 5) is 15.8. The van der Waals surface area contributed by atoms with Crippen LogP contribution in [0.4, 0.5) is 0 Å². The van der Waals surface area contributed by atoms with Crippen LogP contribution in [0, 0.1) is 0 Å². The molecule has 1 aromatic carbocycles. The Balaban J connectivity index is 0.000000264. The minimum absolute atomic E-state index is 0.0742. The average molecular weight is 372 g/mol. The number of carbonyl (C=O) groups excluding carboxylic acids is 1. The monoisotopic (exact) mass is 372 g/mol. The van der Waals surface area contributed by atoms with Gasteiger partial charge in [-0.3, -0.25) is 0 Å². The molecule has 3 atom stereocenters. The van der Waals surface area contributed by atoms with Crippen molar-refractivity contribution in [2.75, 3.05) is 33.0 Å². The summed E-state index contributed by atoms with van der Waals surface area (Å²) >= 11 is 0. The second-order valence-electron chi connectivity index (χ2n) is 7.10. The summed E-state index contributed by atoms with van der Waals surface area (Å²) in [7, 11) is 0. The molecule has 0 spiro atoms. The Morgan fingerprint density at radius 1 is 1.07 bits per heavy atom. The normalized spacial score (nSPS) is 24.7. The molecule has 3 aliphatic heterocycles. The number of nitrogens with one attached hydrogen (secondary N) is 1. The van der Waals surface area contributed by atoms with Crippen LogP contribution in [0.3, 0.4) is 0 Å². The zero-order chi connectivity index (χ0) is 18.6.